The van der Waals surface area contributed by atoms with Crippen LogP contribution >= 0.6 is 12.4 Å². The van der Waals surface area contributed by atoms with Gasteiger partial charge in [-0.05, 0) is 41.5 Å². The fourth-order valence-electron chi connectivity index (χ4n) is 2.23. The van der Waals surface area contributed by atoms with E-state index in [9.17, 15) is 39.5 Å². The van der Waals surface area contributed by atoms with Crippen molar-refractivity contribution in [3.63, 3.8) is 0 Å². The largest absolute Gasteiger partial charge is 0.573 e. The van der Waals surface area contributed by atoms with Crippen molar-refractivity contribution < 1.29 is 44.3 Å². The molecule has 0 bridgehead atoms. The Bertz CT molecular complexity index is 765. The summed E-state index contributed by atoms with van der Waals surface area (Å²) in [7, 11) is 0. The van der Waals surface area contributed by atoms with Gasteiger partial charge in [-0.1, -0.05) is 12.1 Å². The molecule has 28 heavy (non-hydrogen) atoms. The van der Waals surface area contributed by atoms with Gasteiger partial charge >= 0.3 is 18.7 Å². The van der Waals surface area contributed by atoms with Gasteiger partial charge in [0.1, 0.15) is 5.75 Å². The van der Waals surface area contributed by atoms with Crippen LogP contribution in [0.15, 0.2) is 42.5 Å². The molecule has 2 rings (SSSR count). The average molecular weight is 440 g/mol. The van der Waals surface area contributed by atoms with Crippen molar-refractivity contribution in [3.05, 3.63) is 64.7 Å². The summed E-state index contributed by atoms with van der Waals surface area (Å²) in [5, 5.41) is 0. The normalized spacial score (nSPS) is 13.6. The van der Waals surface area contributed by atoms with Crippen molar-refractivity contribution in [1.82, 2.24) is 0 Å². The third kappa shape index (κ3) is 6.20. The van der Waals surface area contributed by atoms with Gasteiger partial charge in [0.25, 0.3) is 0 Å². The molecule has 0 saturated carbocycles. The molecule has 0 aromatic heterocycles. The number of alkyl halides is 9. The molecule has 0 heterocycles. The Morgan fingerprint density at radius 3 is 1.46 bits per heavy atom. The molecule has 2 aromatic carbocycles. The first kappa shape index (κ1) is 23.9. The van der Waals surface area contributed by atoms with Crippen LogP contribution in [0.1, 0.15) is 28.3 Å². The molecular weight excluding hydrogens is 429 g/mol. The van der Waals surface area contributed by atoms with Crippen LogP contribution in [0.5, 0.6) is 5.75 Å². The second-order valence-electron chi connectivity index (χ2n) is 5.43. The van der Waals surface area contributed by atoms with E-state index in [4.69, 9.17) is 5.73 Å². The molecule has 0 unspecified atom stereocenters. The number of benzene rings is 2. The lowest BCUT2D eigenvalue weighted by Crippen LogP contribution is -2.18. The summed E-state index contributed by atoms with van der Waals surface area (Å²) >= 11 is 0. The smallest absolute Gasteiger partial charge is 0.406 e. The van der Waals surface area contributed by atoms with Gasteiger partial charge in [0.05, 0.1) is 17.2 Å². The lowest BCUT2D eigenvalue weighted by Gasteiger charge is -2.18. The van der Waals surface area contributed by atoms with E-state index >= 15 is 0 Å². The molecule has 2 nitrogen and oxygen atoms in total. The van der Waals surface area contributed by atoms with Gasteiger partial charge in [0.2, 0.25) is 0 Å². The first-order valence-corrected chi connectivity index (χ1v) is 7.07. The molecular formula is C16H11ClF9NO. The SMILES string of the molecule is Cl.N[C@H](c1ccc(OC(F)(F)F)cc1)c1cc(C(F)(F)F)cc(C(F)(F)F)c1. The molecule has 0 fully saturated rings. The van der Waals surface area contributed by atoms with Crippen molar-refractivity contribution in [2.45, 2.75) is 24.8 Å². The number of ether oxygens (including phenoxy) is 1. The summed E-state index contributed by atoms with van der Waals surface area (Å²) in [5.41, 5.74) is 2.14. The third-order valence-corrected chi connectivity index (χ3v) is 3.44. The van der Waals surface area contributed by atoms with Crippen LogP contribution < -0.4 is 10.5 Å². The summed E-state index contributed by atoms with van der Waals surface area (Å²) in [5.74, 6) is -0.613. The maximum atomic E-state index is 12.9. The summed E-state index contributed by atoms with van der Waals surface area (Å²) < 4.78 is 117. The number of nitrogens with two attached hydrogens (primary N) is 1. The average Bonchev–Trinajstić information content (AvgIpc) is 2.51. The standard InChI is InChI=1S/C16H10F9NO.ClH/c17-14(18,19)10-5-9(6-11(7-10)15(20,21)22)13(26)8-1-3-12(4-2-8)27-16(23,24)25;/h1-7,13H,26H2;1H/t13-;/m1./s1. The van der Waals surface area contributed by atoms with Gasteiger partial charge in [-0.2, -0.15) is 26.3 Å². The van der Waals surface area contributed by atoms with E-state index in [1.807, 2.05) is 0 Å². The maximum Gasteiger partial charge on any atom is 0.573 e. The van der Waals surface area contributed by atoms with Crippen molar-refractivity contribution in [3.8, 4) is 5.75 Å². The monoisotopic (exact) mass is 439 g/mol. The van der Waals surface area contributed by atoms with Crippen molar-refractivity contribution in [1.29, 1.82) is 0 Å². The lowest BCUT2D eigenvalue weighted by atomic mass is 9.95. The Hall–Kier alpha value is -2.14. The zero-order valence-electron chi connectivity index (χ0n) is 13.4. The minimum Gasteiger partial charge on any atom is -0.406 e. The maximum absolute atomic E-state index is 12.9. The Morgan fingerprint density at radius 2 is 1.11 bits per heavy atom. The Morgan fingerprint density at radius 1 is 0.679 bits per heavy atom. The van der Waals surface area contributed by atoms with Crippen molar-refractivity contribution >= 4 is 12.4 Å². The second-order valence-corrected chi connectivity index (χ2v) is 5.43. The summed E-state index contributed by atoms with van der Waals surface area (Å²) in [6.07, 6.45) is -15.0. The fraction of sp³-hybridized carbons (Fsp3) is 0.250. The van der Waals surface area contributed by atoms with E-state index in [1.165, 1.54) is 0 Å². The minimum absolute atomic E-state index is 0. The molecule has 0 aliphatic carbocycles. The molecule has 0 aliphatic rings. The lowest BCUT2D eigenvalue weighted by molar-refractivity contribution is -0.274. The number of hydrogen-bond donors (Lipinski definition) is 1. The van der Waals surface area contributed by atoms with Crippen molar-refractivity contribution in [2.24, 2.45) is 5.73 Å². The zero-order valence-corrected chi connectivity index (χ0v) is 14.2. The summed E-state index contributed by atoms with van der Waals surface area (Å²) in [6, 6.07) is 3.16. The van der Waals surface area contributed by atoms with E-state index in [-0.39, 0.29) is 24.0 Å². The van der Waals surface area contributed by atoms with E-state index in [1.54, 1.807) is 0 Å². The Labute approximate surface area is 158 Å². The summed E-state index contributed by atoms with van der Waals surface area (Å²) in [4.78, 5) is 0. The predicted octanol–water partition coefficient (Wildman–Crippen LogP) is 6.09. The topological polar surface area (TPSA) is 35.2 Å². The van der Waals surface area contributed by atoms with Crippen molar-refractivity contribution in [2.75, 3.05) is 0 Å². The highest BCUT2D eigenvalue weighted by molar-refractivity contribution is 5.85. The van der Waals surface area contributed by atoms with E-state index in [0.717, 1.165) is 24.3 Å². The van der Waals surface area contributed by atoms with Crippen LogP contribution in [-0.4, -0.2) is 6.36 Å². The molecule has 0 amide bonds. The van der Waals surface area contributed by atoms with E-state index < -0.39 is 47.2 Å². The number of hydrogen-bond acceptors (Lipinski definition) is 2. The van der Waals surface area contributed by atoms with E-state index in [0.29, 0.717) is 12.1 Å². The van der Waals surface area contributed by atoms with Crippen LogP contribution in [0.3, 0.4) is 0 Å². The van der Waals surface area contributed by atoms with Crippen LogP contribution in [0.25, 0.3) is 0 Å². The fourth-order valence-corrected chi connectivity index (χ4v) is 2.23. The quantitative estimate of drug-likeness (QED) is 0.587. The molecule has 0 radical (unpaired) electrons. The molecule has 0 saturated heterocycles. The highest BCUT2D eigenvalue weighted by atomic mass is 35.5. The van der Waals surface area contributed by atoms with Crippen LogP contribution in [0.4, 0.5) is 39.5 Å². The van der Waals surface area contributed by atoms with Gasteiger partial charge in [0, 0.05) is 0 Å². The molecule has 1 atom stereocenters. The third-order valence-electron chi connectivity index (χ3n) is 3.44. The molecule has 0 aliphatic heterocycles. The highest BCUT2D eigenvalue weighted by Gasteiger charge is 2.37. The van der Waals surface area contributed by atoms with Gasteiger partial charge < -0.3 is 10.5 Å². The Balaban J connectivity index is 0.00000392. The van der Waals surface area contributed by atoms with Crippen LogP contribution in [-0.2, 0) is 12.4 Å². The zero-order chi connectivity index (χ0) is 20.6. The number of halogens is 10. The molecule has 0 spiro atoms. The van der Waals surface area contributed by atoms with Gasteiger partial charge in [0.15, 0.2) is 0 Å². The molecule has 12 heteroatoms. The predicted molar refractivity (Wildman–Crippen MR) is 82.8 cm³/mol. The van der Waals surface area contributed by atoms with Gasteiger partial charge in [-0.15, -0.1) is 25.6 Å². The Kier molecular flexibility index (Phi) is 6.89. The molecule has 2 N–H and O–H groups in total. The highest BCUT2D eigenvalue weighted by Crippen LogP contribution is 2.38. The minimum atomic E-state index is -5.04. The molecule has 156 valence electrons. The first-order chi connectivity index (χ1) is 12.2. The van der Waals surface area contributed by atoms with Gasteiger partial charge in [-0.3, -0.25) is 0 Å². The number of rotatable bonds is 3. The molecule has 2 aromatic rings. The van der Waals surface area contributed by atoms with Gasteiger partial charge in [-0.25, -0.2) is 0 Å². The van der Waals surface area contributed by atoms with Crippen LogP contribution in [0.2, 0.25) is 0 Å². The van der Waals surface area contributed by atoms with E-state index in [2.05, 4.69) is 4.74 Å². The first-order valence-electron chi connectivity index (χ1n) is 7.07. The second kappa shape index (κ2) is 8.08. The summed E-state index contributed by atoms with van der Waals surface area (Å²) in [6.45, 7) is 0. The van der Waals surface area contributed by atoms with Crippen LogP contribution in [0, 0.1) is 0 Å².